The van der Waals surface area contributed by atoms with Gasteiger partial charge in [0.2, 0.25) is 6.41 Å². The third-order valence-electron chi connectivity index (χ3n) is 4.88. The summed E-state index contributed by atoms with van der Waals surface area (Å²) in [6, 6.07) is 21.2. The van der Waals surface area contributed by atoms with Gasteiger partial charge in [0.05, 0.1) is 6.54 Å². The molecule has 0 bridgehead atoms. The first-order valence-corrected chi connectivity index (χ1v) is 10.5. The molecule has 0 aliphatic rings. The second-order valence-electron chi connectivity index (χ2n) is 8.70. The Bertz CT molecular complexity index is 1130. The predicted octanol–water partition coefficient (Wildman–Crippen LogP) is 4.91. The fraction of sp³-hybridized carbons (Fsp3) is 0.269. The number of nitrogens with zero attached hydrogens (tertiary/aromatic N) is 1. The van der Waals surface area contributed by atoms with Gasteiger partial charge >= 0.3 is 6.09 Å². The molecule has 0 saturated carbocycles. The highest BCUT2D eigenvalue weighted by Gasteiger charge is 2.24. The molecule has 0 fully saturated rings. The summed E-state index contributed by atoms with van der Waals surface area (Å²) in [4.78, 5) is 37.3. The maximum Gasteiger partial charge on any atom is 0.408 e. The normalized spacial score (nSPS) is 12.1. The highest BCUT2D eigenvalue weighted by molar-refractivity contribution is 5.92. The highest BCUT2D eigenvalue weighted by Crippen LogP contribution is 2.25. The number of carbonyl (C=O) groups excluding carboxylic acids is 3. The van der Waals surface area contributed by atoms with Gasteiger partial charge in [0.1, 0.15) is 11.6 Å². The average molecular weight is 433 g/mol. The Morgan fingerprint density at radius 2 is 1.66 bits per heavy atom. The van der Waals surface area contributed by atoms with Crippen molar-refractivity contribution < 1.29 is 19.1 Å². The molecule has 0 radical (unpaired) electrons. The van der Waals surface area contributed by atoms with Crippen molar-refractivity contribution in [2.75, 3.05) is 0 Å². The molecule has 32 heavy (non-hydrogen) atoms. The number of nitrogens with one attached hydrogen (secondary N) is 1. The van der Waals surface area contributed by atoms with E-state index in [1.807, 2.05) is 36.4 Å². The molecular formula is C26H28N2O4. The number of hydrogen-bond donors (Lipinski definition) is 1. The molecule has 0 aromatic heterocycles. The Labute approximate surface area is 188 Å². The summed E-state index contributed by atoms with van der Waals surface area (Å²) >= 11 is 0. The number of hydrogen-bond acceptors (Lipinski definition) is 4. The van der Waals surface area contributed by atoms with Crippen molar-refractivity contribution in [3.63, 3.8) is 0 Å². The molecule has 3 aromatic rings. The Hall–Kier alpha value is -3.67. The van der Waals surface area contributed by atoms with Crippen LogP contribution < -0.4 is 5.32 Å². The van der Waals surface area contributed by atoms with E-state index in [4.69, 9.17) is 4.74 Å². The molecule has 3 amide bonds. The van der Waals surface area contributed by atoms with Crippen LogP contribution in [0.15, 0.2) is 66.7 Å². The van der Waals surface area contributed by atoms with Crippen LogP contribution in [0.1, 0.15) is 33.3 Å². The minimum Gasteiger partial charge on any atom is -0.444 e. The first-order chi connectivity index (χ1) is 15.2. The molecule has 166 valence electrons. The molecular weight excluding hydrogens is 404 g/mol. The summed E-state index contributed by atoms with van der Waals surface area (Å²) < 4.78 is 5.18. The van der Waals surface area contributed by atoms with Crippen LogP contribution in [0, 0.1) is 0 Å². The van der Waals surface area contributed by atoms with Gasteiger partial charge in [-0.1, -0.05) is 54.6 Å². The number of fused-ring (bicyclic) bond motifs is 1. The number of imide groups is 1. The van der Waals surface area contributed by atoms with Crippen LogP contribution in [-0.4, -0.2) is 35.0 Å². The lowest BCUT2D eigenvalue weighted by atomic mass is 9.99. The van der Waals surface area contributed by atoms with Crippen LogP contribution >= 0.6 is 0 Å². The molecule has 3 rings (SSSR count). The van der Waals surface area contributed by atoms with Crippen LogP contribution in [0.5, 0.6) is 0 Å². The largest absolute Gasteiger partial charge is 0.444 e. The van der Waals surface area contributed by atoms with Crippen molar-refractivity contribution in [3.05, 3.63) is 72.3 Å². The molecule has 3 aromatic carbocycles. The SMILES string of the molecule is C[C@H](NC(=O)OC(C)(C)C)C(=O)N(C=O)Cc1cccc(-c2ccc3ccccc3c2)c1. The molecule has 0 saturated heterocycles. The third-order valence-corrected chi connectivity index (χ3v) is 4.88. The molecule has 1 atom stereocenters. The van der Waals surface area contributed by atoms with E-state index in [0.717, 1.165) is 32.4 Å². The lowest BCUT2D eigenvalue weighted by molar-refractivity contribution is -0.140. The number of rotatable bonds is 6. The van der Waals surface area contributed by atoms with E-state index in [1.165, 1.54) is 6.92 Å². The summed E-state index contributed by atoms with van der Waals surface area (Å²) in [5.74, 6) is -0.512. The summed E-state index contributed by atoms with van der Waals surface area (Å²) in [5.41, 5.74) is 2.17. The van der Waals surface area contributed by atoms with Gasteiger partial charge in [0, 0.05) is 0 Å². The lowest BCUT2D eigenvalue weighted by Gasteiger charge is -2.24. The Kier molecular flexibility index (Phi) is 6.93. The van der Waals surface area contributed by atoms with E-state index in [2.05, 4.69) is 35.6 Å². The van der Waals surface area contributed by atoms with Crippen molar-refractivity contribution in [1.29, 1.82) is 0 Å². The zero-order valence-corrected chi connectivity index (χ0v) is 18.8. The summed E-state index contributed by atoms with van der Waals surface area (Å²) in [7, 11) is 0. The van der Waals surface area contributed by atoms with Crippen LogP contribution in [0.4, 0.5) is 4.79 Å². The molecule has 0 unspecified atom stereocenters. The molecule has 6 nitrogen and oxygen atoms in total. The molecule has 1 N–H and O–H groups in total. The minimum atomic E-state index is -0.904. The fourth-order valence-electron chi connectivity index (χ4n) is 3.38. The topological polar surface area (TPSA) is 75.7 Å². The van der Waals surface area contributed by atoms with Gasteiger partial charge in [-0.05, 0) is 67.3 Å². The Morgan fingerprint density at radius 1 is 0.969 bits per heavy atom. The standard InChI is InChI=1S/C26H28N2O4/c1-18(27-25(31)32-26(2,3)4)24(30)28(17-29)16-19-8-7-11-21(14-19)23-13-12-20-9-5-6-10-22(20)15-23/h5-15,17-18H,16H2,1-4H3,(H,27,31)/t18-/m0/s1. The monoisotopic (exact) mass is 432 g/mol. The van der Waals surface area contributed by atoms with E-state index < -0.39 is 23.6 Å². The van der Waals surface area contributed by atoms with Crippen molar-refractivity contribution in [1.82, 2.24) is 10.2 Å². The fourth-order valence-corrected chi connectivity index (χ4v) is 3.38. The van der Waals surface area contributed by atoms with Crippen LogP contribution in [0.25, 0.3) is 21.9 Å². The number of alkyl carbamates (subject to hydrolysis) is 1. The van der Waals surface area contributed by atoms with Gasteiger partial charge in [0.25, 0.3) is 5.91 Å². The van der Waals surface area contributed by atoms with E-state index in [9.17, 15) is 14.4 Å². The first kappa shape index (κ1) is 23.0. The van der Waals surface area contributed by atoms with Crippen LogP contribution in [0.2, 0.25) is 0 Å². The third kappa shape index (κ3) is 5.94. The molecule has 6 heteroatoms. The second kappa shape index (κ2) is 9.64. The van der Waals surface area contributed by atoms with Crippen LogP contribution in [0.3, 0.4) is 0 Å². The van der Waals surface area contributed by atoms with Gasteiger partial charge in [-0.2, -0.15) is 0 Å². The predicted molar refractivity (Wildman–Crippen MR) is 125 cm³/mol. The average Bonchev–Trinajstić information content (AvgIpc) is 2.75. The van der Waals surface area contributed by atoms with E-state index in [0.29, 0.717) is 6.41 Å². The van der Waals surface area contributed by atoms with Crippen LogP contribution in [-0.2, 0) is 20.9 Å². The quantitative estimate of drug-likeness (QED) is 0.562. The number of carbonyl (C=O) groups is 3. The van der Waals surface area contributed by atoms with E-state index in [1.54, 1.807) is 20.8 Å². The molecule has 0 spiro atoms. The van der Waals surface area contributed by atoms with Gasteiger partial charge in [-0.3, -0.25) is 14.5 Å². The molecule has 0 aliphatic carbocycles. The zero-order chi connectivity index (χ0) is 23.3. The summed E-state index contributed by atoms with van der Waals surface area (Å²) in [6.07, 6.45) is -0.222. The van der Waals surface area contributed by atoms with Crippen molar-refractivity contribution in [2.24, 2.45) is 0 Å². The lowest BCUT2D eigenvalue weighted by Crippen LogP contribution is -2.47. The van der Waals surface area contributed by atoms with Gasteiger partial charge < -0.3 is 10.1 Å². The maximum atomic E-state index is 12.7. The summed E-state index contributed by atoms with van der Waals surface area (Å²) in [5, 5.41) is 4.78. The Balaban J connectivity index is 1.73. The van der Waals surface area contributed by atoms with E-state index >= 15 is 0 Å². The first-order valence-electron chi connectivity index (χ1n) is 10.5. The van der Waals surface area contributed by atoms with Crippen molar-refractivity contribution >= 4 is 29.2 Å². The molecule has 0 aliphatic heterocycles. The van der Waals surface area contributed by atoms with Gasteiger partial charge in [0.15, 0.2) is 0 Å². The smallest absolute Gasteiger partial charge is 0.408 e. The van der Waals surface area contributed by atoms with Gasteiger partial charge in [-0.15, -0.1) is 0 Å². The number of benzene rings is 3. The number of amides is 3. The minimum absolute atomic E-state index is 0.101. The molecule has 0 heterocycles. The number of ether oxygens (including phenoxy) is 1. The van der Waals surface area contributed by atoms with E-state index in [-0.39, 0.29) is 6.54 Å². The highest BCUT2D eigenvalue weighted by atomic mass is 16.6. The zero-order valence-electron chi connectivity index (χ0n) is 18.8. The van der Waals surface area contributed by atoms with Crippen molar-refractivity contribution in [2.45, 2.75) is 45.9 Å². The van der Waals surface area contributed by atoms with Gasteiger partial charge in [-0.25, -0.2) is 4.79 Å². The second-order valence-corrected chi connectivity index (χ2v) is 8.70. The van der Waals surface area contributed by atoms with Crippen molar-refractivity contribution in [3.8, 4) is 11.1 Å². The maximum absolute atomic E-state index is 12.7. The summed E-state index contributed by atoms with van der Waals surface area (Å²) in [6.45, 7) is 6.83. The Morgan fingerprint density at radius 3 is 2.34 bits per heavy atom.